The van der Waals surface area contributed by atoms with E-state index in [-0.39, 0.29) is 12.6 Å². The number of aliphatic hydroxyl groups is 1. The summed E-state index contributed by atoms with van der Waals surface area (Å²) < 4.78 is 8.00. The van der Waals surface area contributed by atoms with Crippen LogP contribution < -0.4 is 9.64 Å². The zero-order valence-electron chi connectivity index (χ0n) is 18.0. The van der Waals surface area contributed by atoms with Gasteiger partial charge in [0.1, 0.15) is 11.4 Å². The number of hydrogen-bond acceptors (Lipinski definition) is 5. The van der Waals surface area contributed by atoms with Gasteiger partial charge in [0.15, 0.2) is 5.82 Å². The van der Waals surface area contributed by atoms with Gasteiger partial charge in [0.2, 0.25) is 0 Å². The van der Waals surface area contributed by atoms with Crippen LogP contribution in [0.15, 0.2) is 49.3 Å². The van der Waals surface area contributed by atoms with Crippen LogP contribution in [0.5, 0.6) is 11.8 Å². The summed E-state index contributed by atoms with van der Waals surface area (Å²) in [4.78, 5) is 24.8. The number of benzene rings is 1. The number of anilines is 1. The Hall–Kier alpha value is -3.36. The quantitative estimate of drug-likeness (QED) is 0.576. The number of aryl methyl sites for hydroxylation is 1. The standard InChI is InChI=1S/C23H24ClN5O3/c1-15-11-19(13-25-12-15)32-22-26-21-20(29(22)14-17-5-7-18(24)8-6-17)16(2)28(9-4-10-30)23(31)27(21)3/h5-8,11-13,30H,2,4,9-10,14H2,1,3H3. The van der Waals surface area contributed by atoms with Crippen LogP contribution in [0.25, 0.3) is 5.70 Å². The van der Waals surface area contributed by atoms with E-state index in [2.05, 4.69) is 16.5 Å². The number of aliphatic hydroxyl groups excluding tert-OH is 1. The third kappa shape index (κ3) is 4.19. The summed E-state index contributed by atoms with van der Waals surface area (Å²) in [7, 11) is 1.66. The van der Waals surface area contributed by atoms with Gasteiger partial charge < -0.3 is 9.84 Å². The first-order valence-electron chi connectivity index (χ1n) is 10.2. The Kier molecular flexibility index (Phi) is 6.16. The third-order valence-corrected chi connectivity index (χ3v) is 5.45. The van der Waals surface area contributed by atoms with Gasteiger partial charge in [-0.05, 0) is 42.7 Å². The summed E-state index contributed by atoms with van der Waals surface area (Å²) >= 11 is 6.05. The molecule has 9 heteroatoms. The number of aromatic nitrogens is 3. The minimum atomic E-state index is -0.254. The molecule has 0 bridgehead atoms. The largest absolute Gasteiger partial charge is 0.424 e. The van der Waals surface area contributed by atoms with E-state index < -0.39 is 0 Å². The Morgan fingerprint density at radius 1 is 1.22 bits per heavy atom. The molecule has 4 rings (SSSR count). The molecule has 2 amide bonds. The van der Waals surface area contributed by atoms with Crippen molar-refractivity contribution in [1.82, 2.24) is 19.4 Å². The van der Waals surface area contributed by atoms with Crippen molar-refractivity contribution in [2.24, 2.45) is 0 Å². The SMILES string of the molecule is C=C1c2c(nc(Oc3cncc(C)c3)n2Cc2ccc(Cl)cc2)N(C)C(=O)N1CCCO. The maximum Gasteiger partial charge on any atom is 0.329 e. The van der Waals surface area contributed by atoms with Crippen LogP contribution in [0.1, 0.15) is 23.2 Å². The molecule has 0 fully saturated rings. The predicted molar refractivity (Wildman–Crippen MR) is 123 cm³/mol. The van der Waals surface area contributed by atoms with Crippen molar-refractivity contribution in [2.45, 2.75) is 19.9 Å². The van der Waals surface area contributed by atoms with Gasteiger partial charge in [-0.15, -0.1) is 0 Å². The number of nitrogens with zero attached hydrogens (tertiary/aromatic N) is 5. The van der Waals surface area contributed by atoms with Gasteiger partial charge in [-0.3, -0.25) is 19.4 Å². The molecule has 1 aliphatic rings. The van der Waals surface area contributed by atoms with Crippen molar-refractivity contribution in [3.8, 4) is 11.8 Å². The fraction of sp³-hybridized carbons (Fsp3) is 0.261. The minimum absolute atomic E-state index is 0.0214. The van der Waals surface area contributed by atoms with Crippen LogP contribution in [0.3, 0.4) is 0 Å². The summed E-state index contributed by atoms with van der Waals surface area (Å²) in [5.41, 5.74) is 3.12. The molecule has 0 unspecified atom stereocenters. The normalized spacial score (nSPS) is 13.5. The van der Waals surface area contributed by atoms with Crippen molar-refractivity contribution in [2.75, 3.05) is 25.1 Å². The van der Waals surface area contributed by atoms with Crippen LogP contribution in [0.2, 0.25) is 5.02 Å². The van der Waals surface area contributed by atoms with E-state index in [0.29, 0.717) is 53.5 Å². The highest BCUT2D eigenvalue weighted by Gasteiger charge is 2.36. The van der Waals surface area contributed by atoms with Crippen molar-refractivity contribution >= 4 is 29.1 Å². The van der Waals surface area contributed by atoms with E-state index in [0.717, 1.165) is 11.1 Å². The first-order chi connectivity index (χ1) is 15.4. The molecule has 1 aliphatic heterocycles. The monoisotopic (exact) mass is 453 g/mol. The van der Waals surface area contributed by atoms with Crippen LogP contribution in [-0.4, -0.2) is 50.8 Å². The number of amides is 2. The van der Waals surface area contributed by atoms with Gasteiger partial charge in [0.05, 0.1) is 18.4 Å². The number of ether oxygens (including phenoxy) is 1. The zero-order chi connectivity index (χ0) is 22.8. The average Bonchev–Trinajstić information content (AvgIpc) is 3.12. The lowest BCUT2D eigenvalue weighted by molar-refractivity contribution is 0.217. The van der Waals surface area contributed by atoms with Gasteiger partial charge in [0.25, 0.3) is 0 Å². The smallest absolute Gasteiger partial charge is 0.329 e. The Bertz CT molecular complexity index is 1160. The molecule has 8 nitrogen and oxygen atoms in total. The van der Waals surface area contributed by atoms with E-state index in [1.165, 1.54) is 4.90 Å². The molecule has 0 saturated heterocycles. The lowest BCUT2D eigenvalue weighted by Crippen LogP contribution is -2.45. The zero-order valence-corrected chi connectivity index (χ0v) is 18.7. The number of urea groups is 1. The number of carbonyl (C=O) groups excluding carboxylic acids is 1. The fourth-order valence-electron chi connectivity index (χ4n) is 3.60. The van der Waals surface area contributed by atoms with Crippen LogP contribution in [-0.2, 0) is 6.54 Å². The number of halogens is 1. The number of hydrogen-bond donors (Lipinski definition) is 1. The molecule has 1 N–H and O–H groups in total. The van der Waals surface area contributed by atoms with Gasteiger partial charge >= 0.3 is 12.0 Å². The molecule has 1 aromatic carbocycles. The maximum atomic E-state index is 12.9. The highest BCUT2D eigenvalue weighted by Crippen LogP contribution is 2.38. The number of carbonyl (C=O) groups is 1. The first kappa shape index (κ1) is 21.9. The highest BCUT2D eigenvalue weighted by molar-refractivity contribution is 6.30. The summed E-state index contributed by atoms with van der Waals surface area (Å²) in [6.45, 7) is 6.86. The number of pyridine rings is 1. The average molecular weight is 454 g/mol. The van der Waals surface area contributed by atoms with Gasteiger partial charge in [-0.1, -0.05) is 30.3 Å². The topological polar surface area (TPSA) is 83.7 Å². The van der Waals surface area contributed by atoms with E-state index in [4.69, 9.17) is 16.3 Å². The Morgan fingerprint density at radius 3 is 2.66 bits per heavy atom. The fourth-order valence-corrected chi connectivity index (χ4v) is 3.72. The molecule has 0 aliphatic carbocycles. The van der Waals surface area contributed by atoms with Gasteiger partial charge in [-0.2, -0.15) is 4.98 Å². The molecule has 0 atom stereocenters. The molecule has 0 saturated carbocycles. The molecular formula is C23H24ClN5O3. The van der Waals surface area contributed by atoms with Gasteiger partial charge in [0, 0.05) is 31.4 Å². The van der Waals surface area contributed by atoms with E-state index >= 15 is 0 Å². The molecule has 166 valence electrons. The number of imidazole rings is 1. The second kappa shape index (κ2) is 9.02. The van der Waals surface area contributed by atoms with Crippen LogP contribution in [0, 0.1) is 6.92 Å². The summed E-state index contributed by atoms with van der Waals surface area (Å²) in [5.74, 6) is 1.01. The molecule has 2 aromatic heterocycles. The molecule has 3 heterocycles. The Balaban J connectivity index is 1.81. The third-order valence-electron chi connectivity index (χ3n) is 5.20. The van der Waals surface area contributed by atoms with E-state index in [1.807, 2.05) is 41.8 Å². The van der Waals surface area contributed by atoms with Crippen molar-refractivity contribution < 1.29 is 14.6 Å². The first-order valence-corrected chi connectivity index (χ1v) is 10.6. The second-order valence-corrected chi connectivity index (χ2v) is 8.03. The van der Waals surface area contributed by atoms with Crippen molar-refractivity contribution in [1.29, 1.82) is 0 Å². The summed E-state index contributed by atoms with van der Waals surface area (Å²) in [5, 5.41) is 9.90. The van der Waals surface area contributed by atoms with Crippen molar-refractivity contribution in [3.05, 3.63) is 71.1 Å². The molecule has 0 radical (unpaired) electrons. The molecular weight excluding hydrogens is 430 g/mol. The Labute approximate surface area is 191 Å². The summed E-state index contributed by atoms with van der Waals surface area (Å²) in [6, 6.07) is 9.43. The van der Waals surface area contributed by atoms with Crippen molar-refractivity contribution in [3.63, 3.8) is 0 Å². The molecule has 0 spiro atoms. The Morgan fingerprint density at radius 2 is 1.97 bits per heavy atom. The van der Waals surface area contributed by atoms with Crippen LogP contribution >= 0.6 is 11.6 Å². The number of rotatable bonds is 7. The van der Waals surface area contributed by atoms with Crippen LogP contribution in [0.4, 0.5) is 10.6 Å². The lowest BCUT2D eigenvalue weighted by atomic mass is 10.2. The predicted octanol–water partition coefficient (Wildman–Crippen LogP) is 4.31. The molecule has 32 heavy (non-hydrogen) atoms. The lowest BCUT2D eigenvalue weighted by Gasteiger charge is -2.34. The highest BCUT2D eigenvalue weighted by atomic mass is 35.5. The second-order valence-electron chi connectivity index (χ2n) is 7.60. The number of fused-ring (bicyclic) bond motifs is 1. The van der Waals surface area contributed by atoms with Gasteiger partial charge in [-0.25, -0.2) is 4.79 Å². The minimum Gasteiger partial charge on any atom is -0.424 e. The van der Waals surface area contributed by atoms with E-state index in [1.54, 1.807) is 24.3 Å². The van der Waals surface area contributed by atoms with E-state index in [9.17, 15) is 9.90 Å². The molecule has 3 aromatic rings. The summed E-state index contributed by atoms with van der Waals surface area (Å²) in [6.07, 6.45) is 3.80. The maximum absolute atomic E-state index is 12.9.